The van der Waals surface area contributed by atoms with Crippen molar-refractivity contribution in [2.45, 2.75) is 0 Å². The van der Waals surface area contributed by atoms with E-state index in [-0.39, 0.29) is 11.6 Å². The van der Waals surface area contributed by atoms with Crippen molar-refractivity contribution >= 4 is 77.9 Å². The summed E-state index contributed by atoms with van der Waals surface area (Å²) in [5.74, 6) is 0.474. The van der Waals surface area contributed by atoms with Gasteiger partial charge < -0.3 is 18.6 Å². The maximum atomic E-state index is 14.2. The van der Waals surface area contributed by atoms with Gasteiger partial charge in [0.15, 0.2) is 11.2 Å². The highest BCUT2D eigenvalue weighted by molar-refractivity contribution is 6.10. The average Bonchev–Trinajstić information content (AvgIpc) is 3.93. The Labute approximate surface area is 342 Å². The fraction of sp³-hybridized carbons (Fsp3) is 0. The van der Waals surface area contributed by atoms with E-state index >= 15 is 0 Å². The largest absolute Gasteiger partial charge is 0.436 e. The minimum Gasteiger partial charge on any atom is -0.436 e. The number of hydrogen-bond acceptors (Lipinski definition) is 6. The highest BCUT2D eigenvalue weighted by Gasteiger charge is 2.19. The second kappa shape index (κ2) is 14.4. The maximum absolute atomic E-state index is 14.2. The van der Waals surface area contributed by atoms with Gasteiger partial charge >= 0.3 is 0 Å². The molecule has 6 nitrogen and oxygen atoms in total. The molecule has 286 valence electrons. The molecule has 0 amide bonds. The van der Waals surface area contributed by atoms with Crippen LogP contribution < -0.4 is 9.80 Å². The first-order valence-electron chi connectivity index (χ1n) is 19.5. The van der Waals surface area contributed by atoms with Crippen LogP contribution in [0.15, 0.2) is 203 Å². The van der Waals surface area contributed by atoms with Crippen molar-refractivity contribution < 1.29 is 17.6 Å². The molecule has 2 aromatic heterocycles. The van der Waals surface area contributed by atoms with Gasteiger partial charge in [-0.25, -0.2) is 18.7 Å². The topological polar surface area (TPSA) is 58.5 Å². The molecule has 60 heavy (non-hydrogen) atoms. The maximum Gasteiger partial charge on any atom is 0.227 e. The van der Waals surface area contributed by atoms with Crippen molar-refractivity contribution in [3.63, 3.8) is 0 Å². The highest BCUT2D eigenvalue weighted by atomic mass is 19.1. The molecule has 0 aliphatic carbocycles. The van der Waals surface area contributed by atoms with Gasteiger partial charge in [0.05, 0.1) is 0 Å². The van der Waals surface area contributed by atoms with E-state index in [1.807, 2.05) is 97.1 Å². The smallest absolute Gasteiger partial charge is 0.227 e. The lowest BCUT2D eigenvalue weighted by Crippen LogP contribution is -2.10. The molecular formula is C52H32F2N4O2. The number of rotatable bonds is 8. The lowest BCUT2D eigenvalue weighted by atomic mass is 10.00. The van der Waals surface area contributed by atoms with E-state index in [0.717, 1.165) is 77.8 Å². The van der Waals surface area contributed by atoms with Gasteiger partial charge in [0.2, 0.25) is 11.8 Å². The molecule has 11 aromatic rings. The Kier molecular flexibility index (Phi) is 8.41. The standard InChI is InChI=1S/C52H32F2N4O2/c53-37-13-17-39(18-14-37)57(43-23-27-47-49(31-43)59-51(55-47)33-7-3-1-4-8-33)41-21-25-45-35(29-41)11-12-36-30-42(22-26-46(36)45)58(40-19-15-38(54)16-20-40)44-24-28-48-50(32-44)60-52(56-48)34-9-5-2-6-10-34/h1-32H. The lowest BCUT2D eigenvalue weighted by molar-refractivity contribution is 0.619. The third kappa shape index (κ3) is 6.37. The van der Waals surface area contributed by atoms with Crippen LogP contribution in [0.1, 0.15) is 0 Å². The first-order chi connectivity index (χ1) is 29.5. The molecule has 0 radical (unpaired) electrons. The molecule has 8 heteroatoms. The number of benzene rings is 9. The highest BCUT2D eigenvalue weighted by Crippen LogP contribution is 2.42. The second-order valence-corrected chi connectivity index (χ2v) is 14.6. The van der Waals surface area contributed by atoms with Crippen molar-refractivity contribution in [2.75, 3.05) is 9.80 Å². The fourth-order valence-electron chi connectivity index (χ4n) is 7.91. The molecule has 0 aliphatic heterocycles. The van der Waals surface area contributed by atoms with Crippen LogP contribution in [0.4, 0.5) is 42.9 Å². The number of halogens is 2. The Balaban J connectivity index is 0.984. The van der Waals surface area contributed by atoms with Crippen molar-refractivity contribution in [3.8, 4) is 22.9 Å². The Bertz CT molecular complexity index is 3120. The molecule has 0 spiro atoms. The molecule has 0 aliphatic rings. The summed E-state index contributed by atoms with van der Waals surface area (Å²) >= 11 is 0. The molecule has 9 aromatic carbocycles. The number of fused-ring (bicyclic) bond motifs is 5. The van der Waals surface area contributed by atoms with Crippen LogP contribution in [0.2, 0.25) is 0 Å². The third-order valence-corrected chi connectivity index (χ3v) is 10.8. The quantitative estimate of drug-likeness (QED) is 0.143. The fourth-order valence-corrected chi connectivity index (χ4v) is 7.91. The minimum absolute atomic E-state index is 0.310. The zero-order chi connectivity index (χ0) is 40.2. The molecule has 0 atom stereocenters. The van der Waals surface area contributed by atoms with Crippen molar-refractivity contribution in [3.05, 3.63) is 206 Å². The molecule has 0 saturated heterocycles. The average molecular weight is 783 g/mol. The second-order valence-electron chi connectivity index (χ2n) is 14.6. The summed E-state index contributed by atoms with van der Waals surface area (Å²) in [5, 5.41) is 4.22. The van der Waals surface area contributed by atoms with Gasteiger partial charge in [-0.05, 0) is 143 Å². The van der Waals surface area contributed by atoms with Gasteiger partial charge in [0, 0.05) is 57.4 Å². The Morgan fingerprint density at radius 2 is 0.717 bits per heavy atom. The van der Waals surface area contributed by atoms with Crippen LogP contribution in [0, 0.1) is 11.6 Å². The molecule has 11 rings (SSSR count). The van der Waals surface area contributed by atoms with Gasteiger partial charge in [-0.1, -0.05) is 60.7 Å². The van der Waals surface area contributed by atoms with Crippen LogP contribution >= 0.6 is 0 Å². The molecule has 2 heterocycles. The van der Waals surface area contributed by atoms with Crippen molar-refractivity contribution in [1.29, 1.82) is 0 Å². The normalized spacial score (nSPS) is 11.5. The summed E-state index contributed by atoms with van der Waals surface area (Å²) in [5.41, 5.74) is 9.65. The summed E-state index contributed by atoms with van der Waals surface area (Å²) in [6.45, 7) is 0. The van der Waals surface area contributed by atoms with E-state index in [1.165, 1.54) is 24.3 Å². The van der Waals surface area contributed by atoms with Crippen LogP contribution in [-0.2, 0) is 0 Å². The monoisotopic (exact) mass is 782 g/mol. The molecule has 0 bridgehead atoms. The zero-order valence-electron chi connectivity index (χ0n) is 31.8. The summed E-state index contributed by atoms with van der Waals surface area (Å²) in [4.78, 5) is 13.6. The van der Waals surface area contributed by atoms with E-state index in [1.54, 1.807) is 24.3 Å². The van der Waals surface area contributed by atoms with E-state index in [0.29, 0.717) is 22.9 Å². The zero-order valence-corrected chi connectivity index (χ0v) is 31.8. The van der Waals surface area contributed by atoms with Gasteiger partial charge in [-0.15, -0.1) is 0 Å². The van der Waals surface area contributed by atoms with Crippen LogP contribution in [0.3, 0.4) is 0 Å². The Hall–Kier alpha value is -8.10. The van der Waals surface area contributed by atoms with Gasteiger partial charge in [-0.3, -0.25) is 0 Å². The van der Waals surface area contributed by atoms with Gasteiger partial charge in [0.1, 0.15) is 22.7 Å². The summed E-state index contributed by atoms with van der Waals surface area (Å²) in [7, 11) is 0. The Morgan fingerprint density at radius 3 is 1.13 bits per heavy atom. The van der Waals surface area contributed by atoms with Crippen molar-refractivity contribution in [1.82, 2.24) is 9.97 Å². The summed E-state index contributed by atoms with van der Waals surface area (Å²) in [6.07, 6.45) is 0. The van der Waals surface area contributed by atoms with Crippen molar-refractivity contribution in [2.24, 2.45) is 0 Å². The predicted octanol–water partition coefficient (Wildman–Crippen LogP) is 14.8. The molecule has 0 unspecified atom stereocenters. The number of nitrogens with zero attached hydrogens (tertiary/aromatic N) is 4. The Morgan fingerprint density at radius 1 is 0.350 bits per heavy atom. The van der Waals surface area contributed by atoms with Crippen LogP contribution in [-0.4, -0.2) is 9.97 Å². The van der Waals surface area contributed by atoms with E-state index in [4.69, 9.17) is 18.8 Å². The number of hydrogen-bond donors (Lipinski definition) is 0. The van der Waals surface area contributed by atoms with E-state index in [9.17, 15) is 8.78 Å². The van der Waals surface area contributed by atoms with E-state index < -0.39 is 0 Å². The SMILES string of the molecule is Fc1ccc(N(c2ccc3c(ccc4cc(N(c5ccc(F)cc5)c5ccc6nc(-c7ccccc7)oc6c5)ccc43)c2)c2ccc3nc(-c4ccccc4)oc3c2)cc1. The van der Waals surface area contributed by atoms with E-state index in [2.05, 4.69) is 58.3 Å². The third-order valence-electron chi connectivity index (χ3n) is 10.8. The first-order valence-corrected chi connectivity index (χ1v) is 19.5. The summed E-state index contributed by atoms with van der Waals surface area (Å²) < 4.78 is 41.0. The number of aromatic nitrogens is 2. The molecular weight excluding hydrogens is 751 g/mol. The van der Waals surface area contributed by atoms with Gasteiger partial charge in [-0.2, -0.15) is 0 Å². The van der Waals surface area contributed by atoms with Crippen LogP contribution in [0.5, 0.6) is 0 Å². The number of oxazole rings is 2. The van der Waals surface area contributed by atoms with Gasteiger partial charge in [0.25, 0.3) is 0 Å². The van der Waals surface area contributed by atoms with Crippen LogP contribution in [0.25, 0.3) is 66.7 Å². The lowest BCUT2D eigenvalue weighted by Gasteiger charge is -2.26. The minimum atomic E-state index is -0.310. The molecule has 0 saturated carbocycles. The first kappa shape index (κ1) is 35.1. The number of anilines is 6. The molecule has 0 fully saturated rings. The predicted molar refractivity (Wildman–Crippen MR) is 237 cm³/mol. The summed E-state index contributed by atoms with van der Waals surface area (Å²) in [6, 6.07) is 61.4. The molecule has 0 N–H and O–H groups in total.